The van der Waals surface area contributed by atoms with Crippen LogP contribution in [-0.4, -0.2) is 41.2 Å². The van der Waals surface area contributed by atoms with Gasteiger partial charge < -0.3 is 5.32 Å². The van der Waals surface area contributed by atoms with Crippen LogP contribution in [0, 0.1) is 0 Å². The second kappa shape index (κ2) is 9.59. The molecule has 3 rings (SSSR count). The van der Waals surface area contributed by atoms with E-state index in [4.69, 9.17) is 0 Å². The lowest BCUT2D eigenvalue weighted by molar-refractivity contribution is -0.118. The van der Waals surface area contributed by atoms with Gasteiger partial charge in [-0.15, -0.1) is 11.8 Å². The van der Waals surface area contributed by atoms with E-state index in [0.717, 1.165) is 18.0 Å². The number of pyridine rings is 1. The number of carbonyl (C=O) groups excluding carboxylic acids is 1. The minimum Gasteiger partial charge on any atom is -0.353 e. The molecule has 1 atom stereocenters. The molecule has 1 aromatic carbocycles. The summed E-state index contributed by atoms with van der Waals surface area (Å²) in [5.74, 6) is 0.519. The Morgan fingerprint density at radius 2 is 1.80 bits per heavy atom. The molecule has 0 spiro atoms. The second-order valence-electron chi connectivity index (χ2n) is 6.30. The van der Waals surface area contributed by atoms with Crippen molar-refractivity contribution >= 4 is 17.7 Å². The molecule has 1 aliphatic rings. The third kappa shape index (κ3) is 5.58. The smallest absolute Gasteiger partial charge is 0.230 e. The summed E-state index contributed by atoms with van der Waals surface area (Å²) in [5, 5.41) is 3.13. The van der Waals surface area contributed by atoms with E-state index in [2.05, 4.69) is 39.5 Å². The van der Waals surface area contributed by atoms with Crippen LogP contribution in [0.3, 0.4) is 0 Å². The molecule has 0 bridgehead atoms. The van der Waals surface area contributed by atoms with Crippen LogP contribution in [0.5, 0.6) is 0 Å². The van der Waals surface area contributed by atoms with E-state index in [-0.39, 0.29) is 11.9 Å². The van der Waals surface area contributed by atoms with Gasteiger partial charge in [0.25, 0.3) is 0 Å². The van der Waals surface area contributed by atoms with Crippen molar-refractivity contribution < 1.29 is 4.79 Å². The molecule has 2 aromatic rings. The lowest BCUT2D eigenvalue weighted by Gasteiger charge is -2.35. The van der Waals surface area contributed by atoms with Gasteiger partial charge in [0, 0.05) is 23.8 Å². The summed E-state index contributed by atoms with van der Waals surface area (Å²) >= 11 is 1.55. The monoisotopic (exact) mass is 355 g/mol. The second-order valence-corrected chi connectivity index (χ2v) is 7.35. The zero-order chi connectivity index (χ0) is 17.3. The number of thioether (sulfide) groups is 1. The average Bonchev–Trinajstić information content (AvgIpc) is 2.69. The Kier molecular flexibility index (Phi) is 6.89. The molecular weight excluding hydrogens is 330 g/mol. The van der Waals surface area contributed by atoms with Gasteiger partial charge in [-0.05, 0) is 43.6 Å². The predicted molar refractivity (Wildman–Crippen MR) is 103 cm³/mol. The van der Waals surface area contributed by atoms with Gasteiger partial charge in [-0.2, -0.15) is 0 Å². The van der Waals surface area contributed by atoms with Crippen LogP contribution in [0.1, 0.15) is 30.9 Å². The number of piperidine rings is 1. The summed E-state index contributed by atoms with van der Waals surface area (Å²) in [6.07, 6.45) is 7.31. The van der Waals surface area contributed by atoms with E-state index in [1.54, 1.807) is 24.2 Å². The molecule has 1 fully saturated rings. The van der Waals surface area contributed by atoms with Gasteiger partial charge >= 0.3 is 0 Å². The molecule has 1 aliphatic heterocycles. The predicted octanol–water partition coefficient (Wildman–Crippen LogP) is 3.52. The van der Waals surface area contributed by atoms with E-state index in [0.29, 0.717) is 12.3 Å². The molecular formula is C20H25N3OS. The quantitative estimate of drug-likeness (QED) is 0.772. The van der Waals surface area contributed by atoms with Crippen molar-refractivity contribution in [3.05, 3.63) is 60.4 Å². The minimum absolute atomic E-state index is 0.0831. The largest absolute Gasteiger partial charge is 0.353 e. The number of hydrogen-bond acceptors (Lipinski definition) is 4. The molecule has 0 radical (unpaired) electrons. The summed E-state index contributed by atoms with van der Waals surface area (Å²) in [6, 6.07) is 14.6. The zero-order valence-electron chi connectivity index (χ0n) is 14.4. The van der Waals surface area contributed by atoms with Crippen molar-refractivity contribution in [2.24, 2.45) is 0 Å². The van der Waals surface area contributed by atoms with Crippen LogP contribution in [0.2, 0.25) is 0 Å². The fourth-order valence-corrected chi connectivity index (χ4v) is 3.92. The summed E-state index contributed by atoms with van der Waals surface area (Å²) in [6.45, 7) is 2.89. The highest BCUT2D eigenvalue weighted by atomic mass is 32.2. The lowest BCUT2D eigenvalue weighted by Crippen LogP contribution is -2.41. The lowest BCUT2D eigenvalue weighted by atomic mass is 10.0. The van der Waals surface area contributed by atoms with Gasteiger partial charge in [0.2, 0.25) is 5.91 Å². The molecule has 132 valence electrons. The standard InChI is InChI=1S/C20H25N3OS/c24-20(16-25-18-9-11-21-12-10-18)22-15-19(17-7-3-1-4-8-17)23-13-5-2-6-14-23/h1,3-4,7-12,19H,2,5-6,13-16H2,(H,22,24)/t19-/m0/s1. The van der Waals surface area contributed by atoms with Gasteiger partial charge in [-0.1, -0.05) is 36.8 Å². The summed E-state index contributed by atoms with van der Waals surface area (Å²) in [5.41, 5.74) is 1.28. The maximum absolute atomic E-state index is 12.3. The minimum atomic E-state index is 0.0831. The number of nitrogens with one attached hydrogen (secondary N) is 1. The van der Waals surface area contributed by atoms with E-state index in [9.17, 15) is 4.79 Å². The van der Waals surface area contributed by atoms with Crippen molar-refractivity contribution in [3.63, 3.8) is 0 Å². The number of amides is 1. The molecule has 0 aliphatic carbocycles. The van der Waals surface area contributed by atoms with Gasteiger partial charge in [0.05, 0.1) is 11.8 Å². The Hall–Kier alpha value is -1.85. The number of nitrogens with zero attached hydrogens (tertiary/aromatic N) is 2. The van der Waals surface area contributed by atoms with Crippen LogP contribution in [0.4, 0.5) is 0 Å². The average molecular weight is 356 g/mol. The summed E-state index contributed by atoms with van der Waals surface area (Å²) in [7, 11) is 0. The first-order valence-electron chi connectivity index (χ1n) is 8.91. The Balaban J connectivity index is 1.55. The van der Waals surface area contributed by atoms with Crippen LogP contribution >= 0.6 is 11.8 Å². The maximum Gasteiger partial charge on any atom is 0.230 e. The summed E-state index contributed by atoms with van der Waals surface area (Å²) in [4.78, 5) is 19.8. The van der Waals surface area contributed by atoms with Crippen LogP contribution in [-0.2, 0) is 4.79 Å². The Bertz CT molecular complexity index is 645. The molecule has 25 heavy (non-hydrogen) atoms. The fourth-order valence-electron chi connectivity index (χ4n) is 3.21. The van der Waals surface area contributed by atoms with Crippen LogP contribution in [0.15, 0.2) is 59.8 Å². The third-order valence-corrected chi connectivity index (χ3v) is 5.54. The highest BCUT2D eigenvalue weighted by molar-refractivity contribution is 8.00. The van der Waals surface area contributed by atoms with Crippen molar-refractivity contribution in [1.29, 1.82) is 0 Å². The Morgan fingerprint density at radius 1 is 1.08 bits per heavy atom. The molecule has 2 heterocycles. The van der Waals surface area contributed by atoms with E-state index in [1.807, 2.05) is 18.2 Å². The first-order valence-corrected chi connectivity index (χ1v) is 9.90. The third-order valence-electron chi connectivity index (χ3n) is 4.53. The number of benzene rings is 1. The van der Waals surface area contributed by atoms with Crippen molar-refractivity contribution in [2.45, 2.75) is 30.2 Å². The molecule has 1 amide bonds. The number of rotatable bonds is 7. The molecule has 4 nitrogen and oxygen atoms in total. The molecule has 1 aromatic heterocycles. The highest BCUT2D eigenvalue weighted by Crippen LogP contribution is 2.24. The molecule has 1 N–H and O–H groups in total. The number of hydrogen-bond donors (Lipinski definition) is 1. The molecule has 0 unspecified atom stereocenters. The first kappa shape index (κ1) is 18.0. The molecule has 5 heteroatoms. The molecule has 1 saturated heterocycles. The van der Waals surface area contributed by atoms with Gasteiger partial charge in [-0.25, -0.2) is 0 Å². The van der Waals surface area contributed by atoms with Crippen molar-refractivity contribution in [3.8, 4) is 0 Å². The Labute approximate surface area is 154 Å². The Morgan fingerprint density at radius 3 is 2.52 bits per heavy atom. The number of carbonyl (C=O) groups is 1. The highest BCUT2D eigenvalue weighted by Gasteiger charge is 2.22. The van der Waals surface area contributed by atoms with E-state index in [1.165, 1.54) is 24.8 Å². The van der Waals surface area contributed by atoms with Crippen LogP contribution < -0.4 is 5.32 Å². The summed E-state index contributed by atoms with van der Waals surface area (Å²) < 4.78 is 0. The van der Waals surface area contributed by atoms with Crippen molar-refractivity contribution in [2.75, 3.05) is 25.4 Å². The maximum atomic E-state index is 12.3. The topological polar surface area (TPSA) is 45.2 Å². The van der Waals surface area contributed by atoms with E-state index < -0.39 is 0 Å². The van der Waals surface area contributed by atoms with Gasteiger partial charge in [-0.3, -0.25) is 14.7 Å². The normalized spacial score (nSPS) is 16.3. The van der Waals surface area contributed by atoms with E-state index >= 15 is 0 Å². The zero-order valence-corrected chi connectivity index (χ0v) is 15.3. The number of aromatic nitrogens is 1. The molecule has 0 saturated carbocycles. The SMILES string of the molecule is O=C(CSc1ccncc1)NC[C@@H](c1ccccc1)N1CCCCC1. The first-order chi connectivity index (χ1) is 12.3. The number of likely N-dealkylation sites (tertiary alicyclic amines) is 1. The van der Waals surface area contributed by atoms with Gasteiger partial charge in [0.15, 0.2) is 0 Å². The fraction of sp³-hybridized carbons (Fsp3) is 0.400. The van der Waals surface area contributed by atoms with Crippen LogP contribution in [0.25, 0.3) is 0 Å². The van der Waals surface area contributed by atoms with Gasteiger partial charge in [0.1, 0.15) is 0 Å². The van der Waals surface area contributed by atoms with Crippen molar-refractivity contribution in [1.82, 2.24) is 15.2 Å².